The predicted octanol–water partition coefficient (Wildman–Crippen LogP) is 3.92. The van der Waals surface area contributed by atoms with Crippen molar-refractivity contribution in [3.63, 3.8) is 0 Å². The minimum atomic E-state index is -0.959. The third-order valence-corrected chi connectivity index (χ3v) is 9.14. The Morgan fingerprint density at radius 2 is 1.16 bits per heavy atom. The van der Waals surface area contributed by atoms with Crippen molar-refractivity contribution in [1.82, 2.24) is 39.2 Å². The van der Waals surface area contributed by atoms with Crippen LogP contribution in [0.4, 0.5) is 0 Å². The molecule has 16 heteroatoms. The highest BCUT2D eigenvalue weighted by Crippen LogP contribution is 2.19. The number of aromatic nitrogens is 8. The smallest absolute Gasteiger partial charge is 0.173 e. The molecule has 2 aromatic carbocycles. The number of imidazole rings is 2. The van der Waals surface area contributed by atoms with Crippen molar-refractivity contribution in [3.8, 4) is 0 Å². The number of nitrogens with zero attached hydrogens (tertiary/aromatic N) is 10. The summed E-state index contributed by atoms with van der Waals surface area (Å²) in [6, 6.07) is 27.7. The molecule has 0 aliphatic heterocycles. The van der Waals surface area contributed by atoms with Crippen LogP contribution in [0.15, 0.2) is 120 Å². The summed E-state index contributed by atoms with van der Waals surface area (Å²) in [5.74, 6) is 0. The van der Waals surface area contributed by atoms with Gasteiger partial charge in [-0.25, -0.2) is 19.0 Å². The molecule has 0 bridgehead atoms. The second kappa shape index (κ2) is 18.5. The van der Waals surface area contributed by atoms with Gasteiger partial charge in [-0.1, -0.05) is 34.6 Å². The van der Waals surface area contributed by atoms with Crippen molar-refractivity contribution in [1.29, 1.82) is 0 Å². The zero-order chi connectivity index (χ0) is 40.4. The van der Waals surface area contributed by atoms with Crippen molar-refractivity contribution in [2.75, 3.05) is 26.4 Å². The van der Waals surface area contributed by atoms with E-state index in [0.29, 0.717) is 35.7 Å². The van der Waals surface area contributed by atoms with Gasteiger partial charge < -0.3 is 30.1 Å². The minimum absolute atomic E-state index is 0.0801. The fourth-order valence-corrected chi connectivity index (χ4v) is 6.00. The molecule has 4 N–H and O–H groups in total. The van der Waals surface area contributed by atoms with Gasteiger partial charge in [0.15, 0.2) is 17.4 Å². The van der Waals surface area contributed by atoms with E-state index in [1.807, 2.05) is 73.1 Å². The summed E-state index contributed by atoms with van der Waals surface area (Å²) < 4.78 is 3.59. The van der Waals surface area contributed by atoms with Crippen LogP contribution in [0.1, 0.15) is 47.8 Å². The van der Waals surface area contributed by atoms with Gasteiger partial charge in [-0.15, -0.1) is 0 Å². The quantitative estimate of drug-likeness (QED) is 0.0914. The fourth-order valence-electron chi connectivity index (χ4n) is 6.00. The van der Waals surface area contributed by atoms with Crippen LogP contribution >= 0.6 is 0 Å². The lowest BCUT2D eigenvalue weighted by molar-refractivity contribution is -0.0170. The van der Waals surface area contributed by atoms with Gasteiger partial charge in [0.25, 0.3) is 0 Å². The number of hydrogen-bond donors (Lipinski definition) is 4. The Hall–Kier alpha value is -6.72. The molecule has 1 unspecified atom stereocenters. The van der Waals surface area contributed by atoms with Gasteiger partial charge in [0.1, 0.15) is 35.5 Å². The second-order valence-corrected chi connectivity index (χ2v) is 13.5. The molecule has 0 radical (unpaired) electrons. The van der Waals surface area contributed by atoms with Gasteiger partial charge in [-0.3, -0.25) is 9.97 Å². The highest BCUT2D eigenvalue weighted by molar-refractivity contribution is 5.97. The topological polar surface area (TPSA) is 210 Å². The van der Waals surface area contributed by atoms with E-state index in [0.717, 1.165) is 55.6 Å². The monoisotopic (exact) mass is 782 g/mol. The first-order valence-corrected chi connectivity index (χ1v) is 18.5. The van der Waals surface area contributed by atoms with Crippen LogP contribution in [0.25, 0.3) is 33.1 Å². The molecule has 8 rings (SSSR count). The van der Waals surface area contributed by atoms with E-state index >= 15 is 0 Å². The molecule has 6 heterocycles. The molecule has 0 aliphatic rings. The molecule has 0 spiro atoms. The van der Waals surface area contributed by atoms with E-state index in [9.17, 15) is 5.11 Å². The van der Waals surface area contributed by atoms with Crippen LogP contribution in [-0.4, -0.2) is 110 Å². The second-order valence-electron chi connectivity index (χ2n) is 13.5. The van der Waals surface area contributed by atoms with E-state index in [1.165, 1.54) is 0 Å². The fraction of sp³-hybridized carbons (Fsp3) is 0.238. The highest BCUT2D eigenvalue weighted by atomic mass is 16.6. The molecule has 8 aromatic rings. The van der Waals surface area contributed by atoms with Crippen LogP contribution in [0.3, 0.4) is 0 Å². The first-order chi connectivity index (χ1) is 28.3. The Kier molecular flexibility index (Phi) is 12.6. The molecule has 1 atom stereocenters. The normalized spacial score (nSPS) is 12.7. The largest absolute Gasteiger partial charge is 0.394 e. The standard InChI is InChI=1S/2C21H21N5O3/c1-14(25-29-13-18(28)12-27)19-6-7-21-23-11-17(26(21)24-19)10-15-4-5-20-16(9-15)3-2-8-22-20;1-14(25-29-18(12-27)13-28)19-6-7-21-23-11-17(26(21)24-19)10-15-4-5-20-16(9-15)3-2-8-22-20/h2*2-9,11,18,27-28H,10,12-13H2,1H3/b2*25-14+. The molecule has 0 saturated carbocycles. The van der Waals surface area contributed by atoms with E-state index in [4.69, 9.17) is 25.0 Å². The van der Waals surface area contributed by atoms with Crippen molar-refractivity contribution in [3.05, 3.63) is 144 Å². The lowest BCUT2D eigenvalue weighted by atomic mass is 10.1. The highest BCUT2D eigenvalue weighted by Gasteiger charge is 2.12. The molecule has 16 nitrogen and oxygen atoms in total. The Morgan fingerprint density at radius 1 is 0.638 bits per heavy atom. The molecule has 0 saturated heterocycles. The van der Waals surface area contributed by atoms with Gasteiger partial charge in [0.05, 0.1) is 54.6 Å². The maximum atomic E-state index is 9.32. The number of hydrogen-bond acceptors (Lipinski definition) is 14. The third-order valence-electron chi connectivity index (χ3n) is 9.14. The predicted molar refractivity (Wildman–Crippen MR) is 218 cm³/mol. The third kappa shape index (κ3) is 9.45. The Balaban J connectivity index is 0.000000177. The van der Waals surface area contributed by atoms with E-state index in [-0.39, 0.29) is 26.4 Å². The lowest BCUT2D eigenvalue weighted by Crippen LogP contribution is -2.20. The van der Waals surface area contributed by atoms with Gasteiger partial charge in [0.2, 0.25) is 0 Å². The summed E-state index contributed by atoms with van der Waals surface area (Å²) in [5.41, 5.74) is 9.96. The first-order valence-electron chi connectivity index (χ1n) is 18.5. The average molecular weight is 783 g/mol. The summed E-state index contributed by atoms with van der Waals surface area (Å²) in [4.78, 5) is 27.8. The first kappa shape index (κ1) is 39.5. The molecule has 58 heavy (non-hydrogen) atoms. The van der Waals surface area contributed by atoms with Crippen molar-refractivity contribution >= 4 is 44.5 Å². The molecule has 0 aliphatic carbocycles. The van der Waals surface area contributed by atoms with Gasteiger partial charge in [-0.2, -0.15) is 10.2 Å². The zero-order valence-corrected chi connectivity index (χ0v) is 31.9. The minimum Gasteiger partial charge on any atom is -0.394 e. The summed E-state index contributed by atoms with van der Waals surface area (Å²) in [5, 5.41) is 55.7. The van der Waals surface area contributed by atoms with Gasteiger partial charge in [0, 0.05) is 36.0 Å². The van der Waals surface area contributed by atoms with Crippen molar-refractivity contribution in [2.45, 2.75) is 38.9 Å². The molecule has 0 fully saturated rings. The SMILES string of the molecule is C/C(=N\OC(CO)CO)c1ccc2ncc(Cc3ccc4ncccc4c3)n2n1.C/C(=N\OCC(O)CO)c1ccc2ncc(Cc3ccc4ncccc4c3)n2n1. The number of fused-ring (bicyclic) bond motifs is 4. The Morgan fingerprint density at radius 3 is 1.66 bits per heavy atom. The van der Waals surface area contributed by atoms with Crippen LogP contribution in [0.5, 0.6) is 0 Å². The lowest BCUT2D eigenvalue weighted by Gasteiger charge is -2.09. The van der Waals surface area contributed by atoms with E-state index in [2.05, 4.69) is 64.7 Å². The molecular weight excluding hydrogens is 741 g/mol. The van der Waals surface area contributed by atoms with Crippen molar-refractivity contribution < 1.29 is 30.1 Å². The number of pyridine rings is 2. The zero-order valence-electron chi connectivity index (χ0n) is 31.9. The van der Waals surface area contributed by atoms with Crippen LogP contribution in [-0.2, 0) is 22.5 Å². The Labute approximate surface area is 332 Å². The number of rotatable bonds is 14. The molecule has 6 aromatic heterocycles. The number of aliphatic hydroxyl groups is 4. The Bertz CT molecular complexity index is 2710. The molecular formula is C42H42N10O6. The van der Waals surface area contributed by atoms with Crippen molar-refractivity contribution in [2.24, 2.45) is 10.3 Å². The maximum absolute atomic E-state index is 9.32. The number of oxime groups is 2. The van der Waals surface area contributed by atoms with Gasteiger partial charge in [-0.05, 0) is 85.6 Å². The van der Waals surface area contributed by atoms with Crippen LogP contribution in [0.2, 0.25) is 0 Å². The average Bonchev–Trinajstić information content (AvgIpc) is 3.86. The molecule has 296 valence electrons. The summed E-state index contributed by atoms with van der Waals surface area (Å²) >= 11 is 0. The van der Waals surface area contributed by atoms with Crippen LogP contribution in [0, 0.1) is 0 Å². The number of benzene rings is 2. The number of aliphatic hydroxyl groups excluding tert-OH is 4. The summed E-state index contributed by atoms with van der Waals surface area (Å²) in [6.45, 7) is 2.45. The van der Waals surface area contributed by atoms with Crippen LogP contribution < -0.4 is 0 Å². The van der Waals surface area contributed by atoms with E-state index < -0.39 is 12.2 Å². The van der Waals surface area contributed by atoms with E-state index in [1.54, 1.807) is 35.3 Å². The maximum Gasteiger partial charge on any atom is 0.173 e. The van der Waals surface area contributed by atoms with Gasteiger partial charge >= 0.3 is 0 Å². The summed E-state index contributed by atoms with van der Waals surface area (Å²) in [7, 11) is 0. The molecule has 0 amide bonds. The summed E-state index contributed by atoms with van der Waals surface area (Å²) in [6.07, 6.45) is 6.85.